The van der Waals surface area contributed by atoms with E-state index >= 15 is 0 Å². The zero-order chi connectivity index (χ0) is 24.0. The Bertz CT molecular complexity index is 1590. The summed E-state index contributed by atoms with van der Waals surface area (Å²) in [6, 6.07) is 9.46. The van der Waals surface area contributed by atoms with Gasteiger partial charge in [0.25, 0.3) is 0 Å². The number of aryl methyl sites for hydroxylation is 4. The van der Waals surface area contributed by atoms with Crippen LogP contribution in [0.4, 0.5) is 5.69 Å². The number of nitrogens with one attached hydrogen (secondary N) is 1. The molecular formula is C26H24N4O4. The van der Waals surface area contributed by atoms with Crippen LogP contribution in [0.5, 0.6) is 0 Å². The molecule has 0 fully saturated rings. The van der Waals surface area contributed by atoms with Crippen molar-refractivity contribution in [1.29, 1.82) is 0 Å². The van der Waals surface area contributed by atoms with Gasteiger partial charge in [-0.3, -0.25) is 4.79 Å². The number of hydrogen-bond donors (Lipinski definition) is 1. The highest BCUT2D eigenvalue weighted by Crippen LogP contribution is 2.34. The van der Waals surface area contributed by atoms with Gasteiger partial charge in [0.2, 0.25) is 5.91 Å². The second kappa shape index (κ2) is 8.30. The average molecular weight is 457 g/mol. The van der Waals surface area contributed by atoms with Crippen molar-refractivity contribution >= 4 is 33.5 Å². The van der Waals surface area contributed by atoms with Crippen LogP contribution in [0.15, 0.2) is 56.6 Å². The Morgan fingerprint density at radius 2 is 1.68 bits per heavy atom. The first-order chi connectivity index (χ1) is 16.3. The lowest BCUT2D eigenvalue weighted by molar-refractivity contribution is -0.115. The van der Waals surface area contributed by atoms with Gasteiger partial charge >= 0.3 is 5.63 Å². The van der Waals surface area contributed by atoms with Crippen LogP contribution in [-0.4, -0.2) is 20.7 Å². The van der Waals surface area contributed by atoms with E-state index in [0.29, 0.717) is 23.4 Å². The maximum Gasteiger partial charge on any atom is 0.340 e. The molecule has 0 unspecified atom stereocenters. The number of amides is 1. The highest BCUT2D eigenvalue weighted by atomic mass is 16.4. The van der Waals surface area contributed by atoms with Crippen molar-refractivity contribution < 1.29 is 13.6 Å². The quantitative estimate of drug-likeness (QED) is 0.388. The average Bonchev–Trinajstić information content (AvgIpc) is 3.42. The first-order valence-electron chi connectivity index (χ1n) is 11.0. The predicted octanol–water partition coefficient (Wildman–Crippen LogP) is 4.59. The molecular weight excluding hydrogens is 432 g/mol. The Labute approximate surface area is 195 Å². The lowest BCUT2D eigenvalue weighted by Gasteiger charge is -2.11. The number of rotatable bonds is 5. The number of carbonyl (C=O) groups is 1. The van der Waals surface area contributed by atoms with Gasteiger partial charge in [-0.25, -0.2) is 14.5 Å². The van der Waals surface area contributed by atoms with E-state index in [4.69, 9.17) is 8.83 Å². The molecule has 3 heterocycles. The van der Waals surface area contributed by atoms with Gasteiger partial charge in [0.15, 0.2) is 0 Å². The first kappa shape index (κ1) is 21.6. The zero-order valence-electron chi connectivity index (χ0n) is 19.4. The minimum atomic E-state index is -0.509. The second-order valence-electron chi connectivity index (χ2n) is 8.55. The molecule has 1 N–H and O–H groups in total. The van der Waals surface area contributed by atoms with E-state index in [0.717, 1.165) is 44.4 Å². The van der Waals surface area contributed by atoms with Crippen LogP contribution in [0.25, 0.3) is 21.9 Å². The van der Waals surface area contributed by atoms with Crippen LogP contribution in [-0.2, 0) is 17.8 Å². The highest BCUT2D eigenvalue weighted by Gasteiger charge is 2.20. The molecule has 0 spiro atoms. The molecule has 0 aliphatic carbocycles. The molecule has 0 radical (unpaired) electrons. The number of hydrogen-bond acceptors (Lipinski definition) is 6. The lowest BCUT2D eigenvalue weighted by atomic mass is 9.98. The summed E-state index contributed by atoms with van der Waals surface area (Å²) in [7, 11) is 0. The third-order valence-electron chi connectivity index (χ3n) is 6.33. The summed E-state index contributed by atoms with van der Waals surface area (Å²) in [5.41, 5.74) is 5.32. The lowest BCUT2D eigenvalue weighted by Crippen LogP contribution is -2.20. The van der Waals surface area contributed by atoms with Crippen molar-refractivity contribution in [1.82, 2.24) is 14.8 Å². The van der Waals surface area contributed by atoms with Gasteiger partial charge in [-0.2, -0.15) is 5.10 Å². The van der Waals surface area contributed by atoms with E-state index in [1.54, 1.807) is 11.0 Å². The second-order valence-corrected chi connectivity index (χ2v) is 8.55. The third kappa shape index (κ3) is 3.77. The van der Waals surface area contributed by atoms with Crippen molar-refractivity contribution in [2.75, 3.05) is 5.32 Å². The number of fused-ring (bicyclic) bond motifs is 2. The maximum atomic E-state index is 12.8. The maximum absolute atomic E-state index is 12.8. The summed E-state index contributed by atoms with van der Waals surface area (Å²) in [6.45, 7) is 8.25. The van der Waals surface area contributed by atoms with E-state index in [2.05, 4.69) is 15.4 Å². The Kier molecular flexibility index (Phi) is 5.28. The summed E-state index contributed by atoms with van der Waals surface area (Å²) in [4.78, 5) is 29.5. The number of nitrogens with zero attached hydrogens (tertiary/aromatic N) is 3. The van der Waals surface area contributed by atoms with Gasteiger partial charge in [-0.15, -0.1) is 0 Å². The van der Waals surface area contributed by atoms with Crippen LogP contribution in [0.2, 0.25) is 0 Å². The van der Waals surface area contributed by atoms with E-state index < -0.39 is 5.63 Å². The predicted molar refractivity (Wildman–Crippen MR) is 129 cm³/mol. The molecule has 5 aromatic rings. The Hall–Kier alpha value is -4.20. The van der Waals surface area contributed by atoms with Crippen molar-refractivity contribution in [3.8, 4) is 0 Å². The number of carbonyl (C=O) groups excluding carboxylic acids is 1. The molecule has 2 aromatic carbocycles. The molecule has 0 aliphatic heterocycles. The van der Waals surface area contributed by atoms with Crippen LogP contribution >= 0.6 is 0 Å². The third-order valence-corrected chi connectivity index (χ3v) is 6.33. The molecule has 34 heavy (non-hydrogen) atoms. The standard InChI is InChI=1S/C26H24N4O4/c1-14-17(4)33-24-16(3)25-21(9-20(14)24)15(2)22(26(32)34-25)10-23(31)29-19-7-5-18(6-8-19)11-30-13-27-12-28-30/h5-9,12-13H,10-11H2,1-4H3,(H,29,31). The highest BCUT2D eigenvalue weighted by molar-refractivity contribution is 6.01. The minimum absolute atomic E-state index is 0.0781. The van der Waals surface area contributed by atoms with Gasteiger partial charge in [0, 0.05) is 22.0 Å². The molecule has 0 saturated carbocycles. The molecule has 0 bridgehead atoms. The van der Waals surface area contributed by atoms with Gasteiger partial charge in [-0.05, 0) is 62.6 Å². The fourth-order valence-corrected chi connectivity index (χ4v) is 4.26. The number of anilines is 1. The molecule has 8 heteroatoms. The molecule has 5 rings (SSSR count). The van der Waals surface area contributed by atoms with E-state index in [-0.39, 0.29) is 12.3 Å². The Balaban J connectivity index is 1.40. The summed E-state index contributed by atoms with van der Waals surface area (Å²) in [6.07, 6.45) is 3.06. The zero-order valence-corrected chi connectivity index (χ0v) is 19.4. The minimum Gasteiger partial charge on any atom is -0.461 e. The molecule has 1 amide bonds. The Morgan fingerprint density at radius 1 is 0.971 bits per heavy atom. The molecule has 8 nitrogen and oxygen atoms in total. The summed E-state index contributed by atoms with van der Waals surface area (Å²) in [5.74, 6) is 0.548. The Morgan fingerprint density at radius 3 is 2.38 bits per heavy atom. The van der Waals surface area contributed by atoms with Crippen molar-refractivity contribution in [2.24, 2.45) is 0 Å². The molecule has 3 aromatic heterocycles. The summed E-state index contributed by atoms with van der Waals surface area (Å²) >= 11 is 0. The van der Waals surface area contributed by atoms with Gasteiger partial charge in [0.1, 0.15) is 29.6 Å². The first-order valence-corrected chi connectivity index (χ1v) is 11.0. The van der Waals surface area contributed by atoms with E-state index in [1.165, 1.54) is 6.33 Å². The van der Waals surface area contributed by atoms with Crippen LogP contribution in [0.3, 0.4) is 0 Å². The van der Waals surface area contributed by atoms with Crippen LogP contribution in [0, 0.1) is 27.7 Å². The monoisotopic (exact) mass is 456 g/mol. The molecule has 0 aliphatic rings. The number of benzene rings is 2. The van der Waals surface area contributed by atoms with E-state index in [1.807, 2.05) is 58.0 Å². The van der Waals surface area contributed by atoms with Gasteiger partial charge in [-0.1, -0.05) is 12.1 Å². The van der Waals surface area contributed by atoms with Crippen molar-refractivity contribution in [2.45, 2.75) is 40.7 Å². The molecule has 172 valence electrons. The summed E-state index contributed by atoms with van der Waals surface area (Å²) in [5, 5.41) is 8.75. The molecule has 0 saturated heterocycles. The topological polar surface area (TPSA) is 103 Å². The smallest absolute Gasteiger partial charge is 0.340 e. The number of aromatic nitrogens is 3. The largest absolute Gasteiger partial charge is 0.461 e. The van der Waals surface area contributed by atoms with E-state index in [9.17, 15) is 9.59 Å². The number of furan rings is 1. The van der Waals surface area contributed by atoms with Crippen LogP contribution in [0.1, 0.15) is 33.6 Å². The van der Waals surface area contributed by atoms with Crippen LogP contribution < -0.4 is 10.9 Å². The van der Waals surface area contributed by atoms with Crippen molar-refractivity contribution in [3.05, 3.63) is 87.0 Å². The SMILES string of the molecule is Cc1oc2c(C)c3oc(=O)c(CC(=O)Nc4ccc(Cn5cncn5)cc4)c(C)c3cc2c1C. The van der Waals surface area contributed by atoms with Gasteiger partial charge < -0.3 is 14.2 Å². The van der Waals surface area contributed by atoms with Crippen molar-refractivity contribution in [3.63, 3.8) is 0 Å². The summed E-state index contributed by atoms with van der Waals surface area (Å²) < 4.78 is 13.3. The fourth-order valence-electron chi connectivity index (χ4n) is 4.26. The van der Waals surface area contributed by atoms with Gasteiger partial charge in [0.05, 0.1) is 18.5 Å². The fraction of sp³-hybridized carbons (Fsp3) is 0.231. The normalized spacial score (nSPS) is 11.4. The molecule has 0 atom stereocenters.